The molecule has 3 nitrogen and oxygen atoms in total. The van der Waals surface area contributed by atoms with Gasteiger partial charge in [-0.15, -0.1) is 6.58 Å². The standard InChI is InChI=1S/C8H16.BH3O3/c1-3-5-7-8-6-4-2;2-1(3)4/h3H,1,4-8H2,2H3;2-4H. The van der Waals surface area contributed by atoms with Crippen LogP contribution >= 0.6 is 0 Å². The fraction of sp³-hybridized carbons (Fsp3) is 0.750. The molecule has 4 heteroatoms. The van der Waals surface area contributed by atoms with Crippen LogP contribution in [0.5, 0.6) is 0 Å². The lowest BCUT2D eigenvalue weighted by Gasteiger charge is -1.91. The summed E-state index contributed by atoms with van der Waals surface area (Å²) >= 11 is 0. The smallest absolute Gasteiger partial charge is 0.402 e. The number of unbranched alkanes of at least 4 members (excludes halogenated alkanes) is 4. The molecule has 0 aromatic rings. The highest BCUT2D eigenvalue weighted by Gasteiger charge is 1.92. The van der Waals surface area contributed by atoms with E-state index < -0.39 is 7.32 Å². The molecule has 12 heavy (non-hydrogen) atoms. The third-order valence-electron chi connectivity index (χ3n) is 1.26. The van der Waals surface area contributed by atoms with E-state index >= 15 is 0 Å². The molecule has 0 spiro atoms. The maximum atomic E-state index is 7.17. The Morgan fingerprint density at radius 1 is 1.17 bits per heavy atom. The van der Waals surface area contributed by atoms with Crippen LogP contribution in [0.25, 0.3) is 0 Å². The van der Waals surface area contributed by atoms with Gasteiger partial charge in [-0.05, 0) is 12.8 Å². The predicted molar refractivity (Wildman–Crippen MR) is 51.4 cm³/mol. The van der Waals surface area contributed by atoms with Crippen LogP contribution < -0.4 is 0 Å². The molecule has 0 amide bonds. The molecule has 0 rings (SSSR count). The molecule has 0 radical (unpaired) electrons. The van der Waals surface area contributed by atoms with Gasteiger partial charge in [-0.2, -0.15) is 0 Å². The van der Waals surface area contributed by atoms with E-state index in [0.29, 0.717) is 0 Å². The third kappa shape index (κ3) is 33.3. The van der Waals surface area contributed by atoms with Gasteiger partial charge in [-0.3, -0.25) is 0 Å². The Balaban J connectivity index is 0. The second kappa shape index (κ2) is 13.3. The summed E-state index contributed by atoms with van der Waals surface area (Å²) in [6, 6.07) is 0. The van der Waals surface area contributed by atoms with Gasteiger partial charge in [0.15, 0.2) is 0 Å². The summed E-state index contributed by atoms with van der Waals surface area (Å²) < 4.78 is 0. The van der Waals surface area contributed by atoms with E-state index in [1.165, 1.54) is 32.1 Å². The lowest BCUT2D eigenvalue weighted by molar-refractivity contribution is 0.278. The van der Waals surface area contributed by atoms with Crippen molar-refractivity contribution in [3.05, 3.63) is 12.7 Å². The van der Waals surface area contributed by atoms with Gasteiger partial charge in [0.05, 0.1) is 0 Å². The van der Waals surface area contributed by atoms with Gasteiger partial charge in [0, 0.05) is 0 Å². The molecule has 0 atom stereocenters. The average molecular weight is 174 g/mol. The zero-order valence-electron chi connectivity index (χ0n) is 7.74. The number of allylic oxidation sites excluding steroid dienone is 1. The first-order chi connectivity index (χ1) is 5.65. The lowest BCUT2D eigenvalue weighted by Crippen LogP contribution is -2.07. The number of hydrogen-bond donors (Lipinski definition) is 3. The molecule has 0 aliphatic carbocycles. The van der Waals surface area contributed by atoms with Crippen molar-refractivity contribution < 1.29 is 15.1 Å². The van der Waals surface area contributed by atoms with Crippen LogP contribution in [0, 0.1) is 0 Å². The normalized spacial score (nSPS) is 8.33. The average Bonchev–Trinajstić information content (AvgIpc) is 1.97. The summed E-state index contributed by atoms with van der Waals surface area (Å²) in [6.07, 6.45) is 8.61. The molecule has 72 valence electrons. The Morgan fingerprint density at radius 3 is 2.00 bits per heavy atom. The molecule has 0 aromatic carbocycles. The molecule has 0 bridgehead atoms. The minimum absolute atomic E-state index is 1.19. The molecule has 0 saturated carbocycles. The summed E-state index contributed by atoms with van der Waals surface area (Å²) in [5, 5.41) is 21.5. The minimum Gasteiger partial charge on any atom is -0.402 e. The van der Waals surface area contributed by atoms with Gasteiger partial charge < -0.3 is 15.1 Å². The Kier molecular flexibility index (Phi) is 15.7. The Morgan fingerprint density at radius 2 is 1.67 bits per heavy atom. The highest BCUT2D eigenvalue weighted by atomic mass is 16.5. The first-order valence-electron chi connectivity index (χ1n) is 4.30. The van der Waals surface area contributed by atoms with Crippen LogP contribution in [-0.4, -0.2) is 22.4 Å². The van der Waals surface area contributed by atoms with Gasteiger partial charge in [0.2, 0.25) is 0 Å². The maximum Gasteiger partial charge on any atom is 0.631 e. The molecule has 0 aliphatic heterocycles. The van der Waals surface area contributed by atoms with E-state index in [2.05, 4.69) is 13.5 Å². The maximum absolute atomic E-state index is 7.17. The zero-order valence-corrected chi connectivity index (χ0v) is 7.74. The topological polar surface area (TPSA) is 60.7 Å². The van der Waals surface area contributed by atoms with Crippen LogP contribution in [0.15, 0.2) is 12.7 Å². The Labute approximate surface area is 74.9 Å². The van der Waals surface area contributed by atoms with Gasteiger partial charge in [0.1, 0.15) is 0 Å². The van der Waals surface area contributed by atoms with E-state index in [4.69, 9.17) is 15.1 Å². The van der Waals surface area contributed by atoms with Gasteiger partial charge >= 0.3 is 7.32 Å². The van der Waals surface area contributed by atoms with E-state index in [0.717, 1.165) is 0 Å². The molecule has 0 fully saturated rings. The second-order valence-electron chi connectivity index (χ2n) is 2.48. The Hall–Kier alpha value is -0.315. The zero-order chi connectivity index (χ0) is 9.82. The Bertz CT molecular complexity index is 83.6. The SMILES string of the molecule is C=CCCCCCC.OB(O)O. The largest absolute Gasteiger partial charge is 0.631 e. The van der Waals surface area contributed by atoms with Crippen molar-refractivity contribution in [3.8, 4) is 0 Å². The minimum atomic E-state index is -2.17. The molecular weight excluding hydrogens is 155 g/mol. The molecule has 0 aliphatic rings. The fourth-order valence-corrected chi connectivity index (χ4v) is 0.715. The fourth-order valence-electron chi connectivity index (χ4n) is 0.715. The number of hydrogen-bond acceptors (Lipinski definition) is 3. The monoisotopic (exact) mass is 174 g/mol. The summed E-state index contributed by atoms with van der Waals surface area (Å²) in [6.45, 7) is 5.89. The first-order valence-corrected chi connectivity index (χ1v) is 4.30. The third-order valence-corrected chi connectivity index (χ3v) is 1.26. The van der Waals surface area contributed by atoms with Gasteiger partial charge in [-0.25, -0.2) is 0 Å². The van der Waals surface area contributed by atoms with E-state index in [9.17, 15) is 0 Å². The summed E-state index contributed by atoms with van der Waals surface area (Å²) in [5.74, 6) is 0. The van der Waals surface area contributed by atoms with E-state index in [1.54, 1.807) is 0 Å². The quantitative estimate of drug-likeness (QED) is 0.332. The van der Waals surface area contributed by atoms with Crippen LogP contribution in [0.3, 0.4) is 0 Å². The molecule has 0 aromatic heterocycles. The van der Waals surface area contributed by atoms with Gasteiger partial charge in [0.25, 0.3) is 0 Å². The number of rotatable bonds is 5. The molecule has 0 unspecified atom stereocenters. The summed E-state index contributed by atoms with van der Waals surface area (Å²) in [7, 11) is -2.17. The van der Waals surface area contributed by atoms with Crippen molar-refractivity contribution in [2.24, 2.45) is 0 Å². The molecule has 0 saturated heterocycles. The van der Waals surface area contributed by atoms with Crippen LogP contribution in [0.1, 0.15) is 39.0 Å². The highest BCUT2D eigenvalue weighted by Crippen LogP contribution is 2.01. The lowest BCUT2D eigenvalue weighted by atomic mass is 10.2. The van der Waals surface area contributed by atoms with Crippen molar-refractivity contribution in [1.29, 1.82) is 0 Å². The van der Waals surface area contributed by atoms with E-state index in [1.807, 2.05) is 6.08 Å². The van der Waals surface area contributed by atoms with Crippen LogP contribution in [-0.2, 0) is 0 Å². The van der Waals surface area contributed by atoms with E-state index in [-0.39, 0.29) is 0 Å². The predicted octanol–water partition coefficient (Wildman–Crippen LogP) is 1.09. The van der Waals surface area contributed by atoms with Gasteiger partial charge in [-0.1, -0.05) is 32.3 Å². The highest BCUT2D eigenvalue weighted by molar-refractivity contribution is 6.30. The van der Waals surface area contributed by atoms with Crippen molar-refractivity contribution in [2.75, 3.05) is 0 Å². The van der Waals surface area contributed by atoms with Crippen LogP contribution in [0.4, 0.5) is 0 Å². The van der Waals surface area contributed by atoms with Crippen molar-refractivity contribution >= 4 is 7.32 Å². The van der Waals surface area contributed by atoms with Crippen LogP contribution in [0.2, 0.25) is 0 Å². The second-order valence-corrected chi connectivity index (χ2v) is 2.48. The van der Waals surface area contributed by atoms with Crippen molar-refractivity contribution in [2.45, 2.75) is 39.0 Å². The molecule has 0 heterocycles. The van der Waals surface area contributed by atoms with Crippen molar-refractivity contribution in [1.82, 2.24) is 0 Å². The first kappa shape index (κ1) is 14.2. The molecule has 3 N–H and O–H groups in total. The summed E-state index contributed by atoms with van der Waals surface area (Å²) in [4.78, 5) is 0. The summed E-state index contributed by atoms with van der Waals surface area (Å²) in [5.41, 5.74) is 0. The van der Waals surface area contributed by atoms with Crippen molar-refractivity contribution in [3.63, 3.8) is 0 Å². The molecular formula is C8H19BO3.